The molecular weight excluding hydrogens is 240 g/mol. The van der Waals surface area contributed by atoms with Gasteiger partial charge in [0.05, 0.1) is 18.9 Å². The molecular formula is C15H24N2O2. The normalized spacial score (nSPS) is 16.7. The Labute approximate surface area is 115 Å². The molecule has 1 aromatic carbocycles. The molecule has 1 aromatic rings. The van der Waals surface area contributed by atoms with Crippen molar-refractivity contribution < 1.29 is 9.84 Å². The SMILES string of the molecule is CC(C)NC(CO)CN1CCCOc2ccccc21. The highest BCUT2D eigenvalue weighted by atomic mass is 16.5. The Kier molecular flexibility index (Phi) is 5.05. The fourth-order valence-corrected chi connectivity index (χ4v) is 2.49. The Balaban J connectivity index is 2.10. The summed E-state index contributed by atoms with van der Waals surface area (Å²) in [6, 6.07) is 8.59. The van der Waals surface area contributed by atoms with Crippen molar-refractivity contribution in [3.05, 3.63) is 24.3 Å². The van der Waals surface area contributed by atoms with Crippen LogP contribution in [0.4, 0.5) is 5.69 Å². The largest absolute Gasteiger partial charge is 0.491 e. The number of anilines is 1. The molecule has 1 aliphatic heterocycles. The van der Waals surface area contributed by atoms with Crippen LogP contribution in [-0.2, 0) is 0 Å². The van der Waals surface area contributed by atoms with Crippen LogP contribution in [0.25, 0.3) is 0 Å². The summed E-state index contributed by atoms with van der Waals surface area (Å²) in [5.74, 6) is 0.946. The molecule has 0 aliphatic carbocycles. The molecule has 1 heterocycles. The Bertz CT molecular complexity index is 395. The van der Waals surface area contributed by atoms with Gasteiger partial charge in [-0.1, -0.05) is 26.0 Å². The molecule has 1 atom stereocenters. The average Bonchev–Trinajstić information content (AvgIpc) is 2.60. The molecule has 4 nitrogen and oxygen atoms in total. The Morgan fingerprint density at radius 3 is 2.89 bits per heavy atom. The third-order valence-corrected chi connectivity index (χ3v) is 3.27. The van der Waals surface area contributed by atoms with Gasteiger partial charge in [0, 0.05) is 25.2 Å². The maximum atomic E-state index is 9.50. The first-order chi connectivity index (χ1) is 9.20. The molecule has 0 radical (unpaired) electrons. The van der Waals surface area contributed by atoms with Gasteiger partial charge in [0.1, 0.15) is 5.75 Å². The van der Waals surface area contributed by atoms with E-state index >= 15 is 0 Å². The van der Waals surface area contributed by atoms with Gasteiger partial charge in [-0.15, -0.1) is 0 Å². The van der Waals surface area contributed by atoms with Crippen LogP contribution in [0.5, 0.6) is 5.75 Å². The number of aliphatic hydroxyl groups excluding tert-OH is 1. The summed E-state index contributed by atoms with van der Waals surface area (Å²) in [7, 11) is 0. The summed E-state index contributed by atoms with van der Waals surface area (Å²) in [6.07, 6.45) is 1.01. The van der Waals surface area contributed by atoms with E-state index in [0.29, 0.717) is 6.04 Å². The first kappa shape index (κ1) is 14.2. The topological polar surface area (TPSA) is 44.7 Å². The number of rotatable bonds is 5. The quantitative estimate of drug-likeness (QED) is 0.848. The van der Waals surface area contributed by atoms with E-state index in [1.54, 1.807) is 0 Å². The number of hydrogen-bond acceptors (Lipinski definition) is 4. The minimum atomic E-state index is 0.0890. The van der Waals surface area contributed by atoms with Crippen LogP contribution in [-0.4, -0.2) is 43.5 Å². The fourth-order valence-electron chi connectivity index (χ4n) is 2.49. The van der Waals surface area contributed by atoms with Crippen molar-refractivity contribution in [1.29, 1.82) is 0 Å². The molecule has 1 unspecified atom stereocenters. The third-order valence-electron chi connectivity index (χ3n) is 3.27. The second-order valence-corrected chi connectivity index (χ2v) is 5.32. The Morgan fingerprint density at radius 2 is 2.16 bits per heavy atom. The predicted molar refractivity (Wildman–Crippen MR) is 77.9 cm³/mol. The molecule has 106 valence electrons. The van der Waals surface area contributed by atoms with E-state index in [9.17, 15) is 5.11 Å². The maximum Gasteiger partial charge on any atom is 0.142 e. The molecule has 0 amide bonds. The summed E-state index contributed by atoms with van der Waals surface area (Å²) in [5, 5.41) is 12.9. The highest BCUT2D eigenvalue weighted by Gasteiger charge is 2.19. The van der Waals surface area contributed by atoms with Gasteiger partial charge < -0.3 is 20.1 Å². The fraction of sp³-hybridized carbons (Fsp3) is 0.600. The molecule has 4 heteroatoms. The lowest BCUT2D eigenvalue weighted by molar-refractivity contribution is 0.236. The maximum absolute atomic E-state index is 9.50. The van der Waals surface area contributed by atoms with Gasteiger partial charge in [-0.3, -0.25) is 0 Å². The molecule has 1 aliphatic rings. The summed E-state index contributed by atoms with van der Waals surface area (Å²) < 4.78 is 5.75. The van der Waals surface area contributed by atoms with Crippen molar-refractivity contribution in [2.45, 2.75) is 32.4 Å². The predicted octanol–water partition coefficient (Wildman–Crippen LogP) is 1.63. The number of fused-ring (bicyclic) bond motifs is 1. The summed E-state index contributed by atoms with van der Waals surface area (Å²) >= 11 is 0. The average molecular weight is 264 g/mol. The number of ether oxygens (including phenoxy) is 1. The van der Waals surface area contributed by atoms with Crippen LogP contribution in [0.1, 0.15) is 20.3 Å². The standard InChI is InChI=1S/C15H24N2O2/c1-12(2)16-13(11-18)10-17-8-5-9-19-15-7-4-3-6-14(15)17/h3-4,6-7,12-13,16,18H,5,8-11H2,1-2H3. The zero-order valence-corrected chi connectivity index (χ0v) is 11.8. The summed E-state index contributed by atoms with van der Waals surface area (Å²) in [6.45, 7) is 6.87. The Hall–Kier alpha value is -1.26. The van der Waals surface area contributed by atoms with E-state index in [1.807, 2.05) is 18.2 Å². The minimum absolute atomic E-state index is 0.0890. The number of nitrogens with zero attached hydrogens (tertiary/aromatic N) is 1. The smallest absolute Gasteiger partial charge is 0.142 e. The summed E-state index contributed by atoms with van der Waals surface area (Å²) in [4.78, 5) is 2.30. The molecule has 0 fully saturated rings. The van der Waals surface area contributed by atoms with Gasteiger partial charge in [0.25, 0.3) is 0 Å². The highest BCUT2D eigenvalue weighted by molar-refractivity contribution is 5.59. The van der Waals surface area contributed by atoms with Crippen molar-refractivity contribution in [2.75, 3.05) is 31.2 Å². The highest BCUT2D eigenvalue weighted by Crippen LogP contribution is 2.30. The van der Waals surface area contributed by atoms with E-state index < -0.39 is 0 Å². The molecule has 0 aromatic heterocycles. The van der Waals surface area contributed by atoms with Crippen LogP contribution in [0.2, 0.25) is 0 Å². The van der Waals surface area contributed by atoms with Crippen molar-refractivity contribution in [3.63, 3.8) is 0 Å². The van der Waals surface area contributed by atoms with E-state index in [1.165, 1.54) is 0 Å². The summed E-state index contributed by atoms with van der Waals surface area (Å²) in [5.41, 5.74) is 1.13. The Morgan fingerprint density at radius 1 is 1.37 bits per heavy atom. The van der Waals surface area contributed by atoms with E-state index in [0.717, 1.165) is 37.6 Å². The van der Waals surface area contributed by atoms with Gasteiger partial charge in [-0.05, 0) is 18.6 Å². The van der Waals surface area contributed by atoms with E-state index in [4.69, 9.17) is 4.74 Å². The first-order valence-electron chi connectivity index (χ1n) is 7.04. The number of para-hydroxylation sites is 2. The molecule has 0 bridgehead atoms. The van der Waals surface area contributed by atoms with Crippen LogP contribution in [0.15, 0.2) is 24.3 Å². The lowest BCUT2D eigenvalue weighted by Crippen LogP contribution is -2.46. The van der Waals surface area contributed by atoms with E-state index in [-0.39, 0.29) is 12.6 Å². The zero-order valence-electron chi connectivity index (χ0n) is 11.8. The van der Waals surface area contributed by atoms with Gasteiger partial charge in [0.15, 0.2) is 0 Å². The molecule has 19 heavy (non-hydrogen) atoms. The van der Waals surface area contributed by atoms with Crippen LogP contribution in [0.3, 0.4) is 0 Å². The van der Waals surface area contributed by atoms with Gasteiger partial charge in [-0.25, -0.2) is 0 Å². The van der Waals surface area contributed by atoms with Crippen LogP contribution in [0, 0.1) is 0 Å². The van der Waals surface area contributed by atoms with E-state index in [2.05, 4.69) is 30.1 Å². The van der Waals surface area contributed by atoms with Gasteiger partial charge in [0.2, 0.25) is 0 Å². The molecule has 0 spiro atoms. The lowest BCUT2D eigenvalue weighted by Gasteiger charge is -2.29. The van der Waals surface area contributed by atoms with Crippen molar-refractivity contribution in [3.8, 4) is 5.75 Å². The van der Waals surface area contributed by atoms with Crippen LogP contribution >= 0.6 is 0 Å². The molecule has 2 N–H and O–H groups in total. The number of aliphatic hydroxyl groups is 1. The molecule has 0 saturated carbocycles. The van der Waals surface area contributed by atoms with Gasteiger partial charge >= 0.3 is 0 Å². The second-order valence-electron chi connectivity index (χ2n) is 5.32. The zero-order chi connectivity index (χ0) is 13.7. The third kappa shape index (κ3) is 3.85. The number of nitrogens with one attached hydrogen (secondary N) is 1. The molecule has 0 saturated heterocycles. The van der Waals surface area contributed by atoms with Crippen LogP contribution < -0.4 is 15.0 Å². The second kappa shape index (κ2) is 6.78. The number of hydrogen-bond donors (Lipinski definition) is 2. The minimum Gasteiger partial charge on any atom is -0.491 e. The lowest BCUT2D eigenvalue weighted by atomic mass is 10.2. The van der Waals surface area contributed by atoms with Crippen molar-refractivity contribution in [1.82, 2.24) is 5.32 Å². The number of benzene rings is 1. The van der Waals surface area contributed by atoms with Crippen molar-refractivity contribution >= 4 is 5.69 Å². The van der Waals surface area contributed by atoms with Crippen molar-refractivity contribution in [2.24, 2.45) is 0 Å². The van der Waals surface area contributed by atoms with Gasteiger partial charge in [-0.2, -0.15) is 0 Å². The first-order valence-corrected chi connectivity index (χ1v) is 7.04. The molecule has 2 rings (SSSR count). The monoisotopic (exact) mass is 264 g/mol.